The van der Waals surface area contributed by atoms with Gasteiger partial charge < -0.3 is 5.73 Å². The number of rotatable bonds is 5. The molecule has 0 spiro atoms. The highest BCUT2D eigenvalue weighted by molar-refractivity contribution is 7.09. The van der Waals surface area contributed by atoms with Gasteiger partial charge in [0, 0.05) is 24.0 Å². The summed E-state index contributed by atoms with van der Waals surface area (Å²) in [5.74, 6) is -0.401. The second kappa shape index (κ2) is 6.48. The predicted molar refractivity (Wildman–Crippen MR) is 79.0 cm³/mol. The van der Waals surface area contributed by atoms with Crippen molar-refractivity contribution in [2.75, 3.05) is 13.6 Å². The smallest absolute Gasteiger partial charge is 0.141 e. The van der Waals surface area contributed by atoms with Crippen LogP contribution in [0.2, 0.25) is 5.02 Å². The Bertz CT molecular complexity index is 530. The molecule has 0 aliphatic carbocycles. The quantitative estimate of drug-likeness (QED) is 0.912. The van der Waals surface area contributed by atoms with E-state index in [1.165, 1.54) is 10.9 Å². The number of thiophene rings is 1. The second-order valence-corrected chi connectivity index (χ2v) is 5.86. The lowest BCUT2D eigenvalue weighted by Gasteiger charge is -2.27. The highest BCUT2D eigenvalue weighted by Crippen LogP contribution is 2.25. The monoisotopic (exact) mass is 298 g/mol. The largest absolute Gasteiger partial charge is 0.329 e. The van der Waals surface area contributed by atoms with Gasteiger partial charge in [-0.1, -0.05) is 23.7 Å². The van der Waals surface area contributed by atoms with Crippen molar-refractivity contribution >= 4 is 22.9 Å². The molecule has 2 rings (SSSR count). The van der Waals surface area contributed by atoms with Gasteiger partial charge in [-0.15, -0.1) is 11.3 Å². The average Bonchev–Trinajstić information content (AvgIpc) is 2.87. The first-order chi connectivity index (χ1) is 9.11. The molecule has 5 heteroatoms. The number of nitrogens with zero attached hydrogens (tertiary/aromatic N) is 1. The Morgan fingerprint density at radius 3 is 2.79 bits per heavy atom. The van der Waals surface area contributed by atoms with Gasteiger partial charge in [0.25, 0.3) is 0 Å². The molecule has 0 saturated heterocycles. The van der Waals surface area contributed by atoms with E-state index in [9.17, 15) is 4.39 Å². The first kappa shape index (κ1) is 14.5. The van der Waals surface area contributed by atoms with E-state index in [0.717, 1.165) is 12.1 Å². The van der Waals surface area contributed by atoms with Gasteiger partial charge in [-0.25, -0.2) is 4.39 Å². The number of hydrogen-bond acceptors (Lipinski definition) is 3. The summed E-state index contributed by atoms with van der Waals surface area (Å²) in [5.41, 5.74) is 6.79. The van der Waals surface area contributed by atoms with Crippen LogP contribution in [-0.4, -0.2) is 18.5 Å². The van der Waals surface area contributed by atoms with Crippen LogP contribution in [0.5, 0.6) is 0 Å². The number of halogens is 2. The molecule has 0 radical (unpaired) electrons. The van der Waals surface area contributed by atoms with Crippen LogP contribution in [0, 0.1) is 5.82 Å². The Kier molecular flexibility index (Phi) is 4.93. The van der Waals surface area contributed by atoms with Gasteiger partial charge >= 0.3 is 0 Å². The first-order valence-corrected chi connectivity index (χ1v) is 7.25. The van der Waals surface area contributed by atoms with Crippen LogP contribution < -0.4 is 5.73 Å². The van der Waals surface area contributed by atoms with E-state index in [1.807, 2.05) is 13.1 Å². The third kappa shape index (κ3) is 3.54. The molecule has 1 heterocycles. The summed E-state index contributed by atoms with van der Waals surface area (Å²) >= 11 is 7.54. The van der Waals surface area contributed by atoms with Crippen LogP contribution in [0.15, 0.2) is 35.7 Å². The van der Waals surface area contributed by atoms with Gasteiger partial charge in [-0.2, -0.15) is 0 Å². The predicted octanol–water partition coefficient (Wildman–Crippen LogP) is 3.67. The molecule has 0 bridgehead atoms. The van der Waals surface area contributed by atoms with Crippen molar-refractivity contribution in [1.82, 2.24) is 4.90 Å². The lowest BCUT2D eigenvalue weighted by atomic mass is 10.1. The lowest BCUT2D eigenvalue weighted by molar-refractivity contribution is 0.244. The molecule has 19 heavy (non-hydrogen) atoms. The highest BCUT2D eigenvalue weighted by atomic mass is 35.5. The molecule has 0 fully saturated rings. The molecular weight excluding hydrogens is 283 g/mol. The zero-order valence-corrected chi connectivity index (χ0v) is 12.2. The first-order valence-electron chi connectivity index (χ1n) is 5.99. The van der Waals surface area contributed by atoms with Gasteiger partial charge in [0.05, 0.1) is 5.02 Å². The summed E-state index contributed by atoms with van der Waals surface area (Å²) in [7, 11) is 2.01. The topological polar surface area (TPSA) is 29.3 Å². The van der Waals surface area contributed by atoms with E-state index in [0.29, 0.717) is 6.54 Å². The van der Waals surface area contributed by atoms with Gasteiger partial charge in [-0.3, -0.25) is 4.90 Å². The highest BCUT2D eigenvalue weighted by Gasteiger charge is 2.17. The van der Waals surface area contributed by atoms with Crippen molar-refractivity contribution in [2.45, 2.75) is 12.6 Å². The summed E-state index contributed by atoms with van der Waals surface area (Å²) in [6, 6.07) is 8.93. The van der Waals surface area contributed by atoms with Crippen molar-refractivity contribution < 1.29 is 4.39 Å². The molecule has 1 aromatic heterocycles. The molecule has 1 aromatic carbocycles. The standard InChI is InChI=1S/C14H16ClFN2S/c1-18(9-11-3-2-6-19-11)14(8-17)10-4-5-13(16)12(15)7-10/h2-7,14H,8-9,17H2,1H3. The SMILES string of the molecule is CN(Cc1cccs1)C(CN)c1ccc(F)c(Cl)c1. The minimum atomic E-state index is -0.401. The van der Waals surface area contributed by atoms with E-state index in [2.05, 4.69) is 16.3 Å². The minimum absolute atomic E-state index is 0.0280. The van der Waals surface area contributed by atoms with Gasteiger partial charge in [-0.05, 0) is 36.2 Å². The van der Waals surface area contributed by atoms with Crippen LogP contribution >= 0.6 is 22.9 Å². The molecule has 1 unspecified atom stereocenters. The van der Waals surface area contributed by atoms with Crippen LogP contribution in [-0.2, 0) is 6.54 Å². The zero-order chi connectivity index (χ0) is 13.8. The Morgan fingerprint density at radius 2 is 2.21 bits per heavy atom. The zero-order valence-electron chi connectivity index (χ0n) is 10.6. The van der Waals surface area contributed by atoms with E-state index in [1.54, 1.807) is 23.5 Å². The summed E-state index contributed by atoms with van der Waals surface area (Å²) in [4.78, 5) is 3.42. The van der Waals surface area contributed by atoms with Crippen LogP contribution in [0.1, 0.15) is 16.5 Å². The molecule has 0 aliphatic rings. The molecule has 2 N–H and O–H groups in total. The van der Waals surface area contributed by atoms with Gasteiger partial charge in [0.1, 0.15) is 5.82 Å². The molecule has 2 aromatic rings. The minimum Gasteiger partial charge on any atom is -0.329 e. The third-order valence-electron chi connectivity index (χ3n) is 3.07. The summed E-state index contributed by atoms with van der Waals surface area (Å²) in [5, 5.41) is 2.19. The summed E-state index contributed by atoms with van der Waals surface area (Å²) in [6.07, 6.45) is 0. The van der Waals surface area contributed by atoms with Crippen molar-refractivity contribution in [2.24, 2.45) is 5.73 Å². The van der Waals surface area contributed by atoms with Crippen LogP contribution in [0.3, 0.4) is 0 Å². The molecule has 102 valence electrons. The van der Waals surface area contributed by atoms with E-state index in [-0.39, 0.29) is 11.1 Å². The fourth-order valence-electron chi connectivity index (χ4n) is 2.05. The number of likely N-dealkylation sites (N-methyl/N-ethyl adjacent to an activating group) is 1. The third-order valence-corrected chi connectivity index (χ3v) is 4.22. The fourth-order valence-corrected chi connectivity index (χ4v) is 3.00. The molecule has 2 nitrogen and oxygen atoms in total. The average molecular weight is 299 g/mol. The van der Waals surface area contributed by atoms with Gasteiger partial charge in [0.2, 0.25) is 0 Å². The Balaban J connectivity index is 2.16. The Hall–Kier alpha value is -0.940. The van der Waals surface area contributed by atoms with E-state index in [4.69, 9.17) is 17.3 Å². The maximum atomic E-state index is 13.2. The summed E-state index contributed by atoms with van der Waals surface area (Å²) < 4.78 is 13.2. The summed E-state index contributed by atoms with van der Waals surface area (Å²) in [6.45, 7) is 1.28. The van der Waals surface area contributed by atoms with E-state index < -0.39 is 5.82 Å². The number of nitrogens with two attached hydrogens (primary N) is 1. The van der Waals surface area contributed by atoms with Crippen molar-refractivity contribution in [3.8, 4) is 0 Å². The maximum absolute atomic E-state index is 13.2. The molecular formula is C14H16ClFN2S. The second-order valence-electron chi connectivity index (χ2n) is 4.42. The molecule has 0 amide bonds. The van der Waals surface area contributed by atoms with Crippen LogP contribution in [0.4, 0.5) is 4.39 Å². The Labute approximate surface area is 121 Å². The fraction of sp³-hybridized carbons (Fsp3) is 0.286. The Morgan fingerprint density at radius 1 is 1.42 bits per heavy atom. The normalized spacial score (nSPS) is 12.9. The van der Waals surface area contributed by atoms with Crippen molar-refractivity contribution in [1.29, 1.82) is 0 Å². The number of benzene rings is 1. The molecule has 1 atom stereocenters. The van der Waals surface area contributed by atoms with E-state index >= 15 is 0 Å². The lowest BCUT2D eigenvalue weighted by Crippen LogP contribution is -2.30. The maximum Gasteiger partial charge on any atom is 0.141 e. The van der Waals surface area contributed by atoms with Crippen molar-refractivity contribution in [3.63, 3.8) is 0 Å². The van der Waals surface area contributed by atoms with Crippen LogP contribution in [0.25, 0.3) is 0 Å². The van der Waals surface area contributed by atoms with Crippen molar-refractivity contribution in [3.05, 3.63) is 57.0 Å². The number of hydrogen-bond donors (Lipinski definition) is 1. The molecule has 0 aliphatic heterocycles. The molecule has 0 saturated carbocycles. The van der Waals surface area contributed by atoms with Gasteiger partial charge in [0.15, 0.2) is 0 Å².